The number of aliphatic hydroxyl groups excluding tert-OH is 10. The molecule has 0 aromatic heterocycles. The molecule has 0 spiro atoms. The molecule has 2 aliphatic heterocycles. The number of aliphatic hydroxyl groups is 10. The van der Waals surface area contributed by atoms with Gasteiger partial charge in [-0.05, 0) is 70.6 Å². The lowest BCUT2D eigenvalue weighted by Gasteiger charge is -2.49. The van der Waals surface area contributed by atoms with Crippen molar-refractivity contribution in [3.63, 3.8) is 0 Å². The normalized spacial score (nSPS) is 28.1. The van der Waals surface area contributed by atoms with E-state index >= 15 is 0 Å². The van der Waals surface area contributed by atoms with Crippen LogP contribution in [0.25, 0.3) is 0 Å². The summed E-state index contributed by atoms with van der Waals surface area (Å²) in [5.74, 6) is -2.03. The fourth-order valence-corrected chi connectivity index (χ4v) is 13.1. The van der Waals surface area contributed by atoms with Gasteiger partial charge in [0, 0.05) is 19.3 Å². The maximum absolute atomic E-state index is 14.3. The summed E-state index contributed by atoms with van der Waals surface area (Å²) in [6, 6.07) is 0. The third kappa shape index (κ3) is 36.4. The molecule has 1 aliphatic carbocycles. The number of hydrogen-bond acceptors (Lipinski definition) is 23. The van der Waals surface area contributed by atoms with Crippen LogP contribution < -0.4 is 0 Å². The molecule has 1 saturated carbocycles. The van der Waals surface area contributed by atoms with Crippen molar-refractivity contribution < 1.29 is 117 Å². The zero-order chi connectivity index (χ0) is 70.4. The Morgan fingerprint density at radius 2 is 0.729 bits per heavy atom. The van der Waals surface area contributed by atoms with Crippen LogP contribution in [-0.4, -0.2) is 204 Å². The number of ether oxygens (including phenoxy) is 7. The summed E-state index contributed by atoms with van der Waals surface area (Å²) < 4.78 is 64.9. The molecule has 96 heavy (non-hydrogen) atoms. The molecule has 24 nitrogen and oxygen atoms in total. The Hall–Kier alpha value is -2.56. The van der Waals surface area contributed by atoms with E-state index in [1.807, 2.05) is 0 Å². The highest BCUT2D eigenvalue weighted by atomic mass is 31.2. The van der Waals surface area contributed by atoms with Gasteiger partial charge < -0.3 is 89.1 Å². The van der Waals surface area contributed by atoms with E-state index < -0.39 is 156 Å². The highest BCUT2D eigenvalue weighted by Crippen LogP contribution is 2.49. The Labute approximate surface area is 573 Å². The zero-order valence-electron chi connectivity index (χ0n) is 58.4. The van der Waals surface area contributed by atoms with Gasteiger partial charge in [-0.15, -0.1) is 0 Å². The molecule has 25 heteroatoms. The molecule has 3 rings (SSSR count). The van der Waals surface area contributed by atoms with E-state index in [-0.39, 0.29) is 19.3 Å². The van der Waals surface area contributed by atoms with Gasteiger partial charge in [-0.25, -0.2) is 4.57 Å². The number of carbonyl (C=O) groups is 3. The monoisotopic (exact) mass is 1400 g/mol. The van der Waals surface area contributed by atoms with Crippen LogP contribution in [0.15, 0.2) is 24.3 Å². The average Bonchev–Trinajstić information content (AvgIpc) is 0.777. The maximum atomic E-state index is 14.3. The quantitative estimate of drug-likeness (QED) is 0.00886. The Balaban J connectivity index is 1.75. The van der Waals surface area contributed by atoms with Crippen molar-refractivity contribution in [1.82, 2.24) is 0 Å². The molecule has 0 bridgehead atoms. The van der Waals surface area contributed by atoms with Gasteiger partial charge in [0.15, 0.2) is 18.7 Å². The predicted octanol–water partition coefficient (Wildman–Crippen LogP) is 9.74. The van der Waals surface area contributed by atoms with Crippen molar-refractivity contribution in [1.29, 1.82) is 0 Å². The Bertz CT molecular complexity index is 2090. The number of phosphoric ester groups is 1. The summed E-state index contributed by atoms with van der Waals surface area (Å²) >= 11 is 0. The number of rotatable bonds is 57. The van der Waals surface area contributed by atoms with Crippen LogP contribution in [0.1, 0.15) is 278 Å². The van der Waals surface area contributed by atoms with E-state index in [1.54, 1.807) is 0 Å². The minimum absolute atomic E-state index is 0.0224. The van der Waals surface area contributed by atoms with E-state index in [0.717, 1.165) is 89.9 Å². The number of carbonyl (C=O) groups excluding carboxylic acids is 3. The third-order valence-electron chi connectivity index (χ3n) is 18.2. The molecule has 18 unspecified atom stereocenters. The lowest BCUT2D eigenvalue weighted by Crippen LogP contribution is -2.69. The molecular formula is C71H129O24P. The lowest BCUT2D eigenvalue weighted by atomic mass is 9.84. The molecule has 2 saturated heterocycles. The van der Waals surface area contributed by atoms with Crippen molar-refractivity contribution in [2.24, 2.45) is 0 Å². The van der Waals surface area contributed by atoms with Crippen molar-refractivity contribution in [3.05, 3.63) is 24.3 Å². The zero-order valence-corrected chi connectivity index (χ0v) is 59.3. The van der Waals surface area contributed by atoms with Crippen LogP contribution in [0.4, 0.5) is 0 Å². The molecule has 3 aliphatic rings. The topological polar surface area (TPSA) is 374 Å². The average molecular weight is 1400 g/mol. The fraction of sp³-hybridized carbons (Fsp3) is 0.901. The molecular weight excluding hydrogens is 1270 g/mol. The summed E-state index contributed by atoms with van der Waals surface area (Å²) in [5.41, 5.74) is 0. The first kappa shape index (κ1) is 87.7. The minimum Gasteiger partial charge on any atom is -0.463 e. The number of phosphoric acid groups is 1. The second kappa shape index (κ2) is 53.3. The fourth-order valence-electron chi connectivity index (χ4n) is 12.1. The third-order valence-corrected chi connectivity index (χ3v) is 19.2. The first-order chi connectivity index (χ1) is 46.3. The Kier molecular flexibility index (Phi) is 48.7. The number of hydrogen-bond donors (Lipinski definition) is 11. The van der Waals surface area contributed by atoms with Gasteiger partial charge in [-0.3, -0.25) is 23.4 Å². The standard InChI is InChI=1S/C71H129O24P/c1-4-7-10-13-16-19-22-25-28-31-33-36-39-42-45-55(73)87-49-52(90-57(75)47-44-41-38-35-32-29-26-23-20-17-14-11-8-5-2)50-89-96(85,86)95-69-67(93-70-65(83)60(78)58(76)53(48-72)91-70)63(81)62(80)64(82)68(69)94-71-66(84)61(79)59(77)54(92-71)51-88-56(74)46-43-40-37-34-30-27-24-21-18-15-12-9-6-3/h28-29,31-32,52-54,58-72,76-84H,4-27,30,33-51H2,1-3H3,(H,85,86)/b31-28-,32-29-. The molecule has 2 heterocycles. The lowest BCUT2D eigenvalue weighted by molar-refractivity contribution is -0.360. The van der Waals surface area contributed by atoms with Crippen molar-refractivity contribution >= 4 is 25.7 Å². The van der Waals surface area contributed by atoms with Gasteiger partial charge in [0.25, 0.3) is 0 Å². The summed E-state index contributed by atoms with van der Waals surface area (Å²) in [6.45, 7) is 3.40. The molecule has 0 aromatic carbocycles. The van der Waals surface area contributed by atoms with E-state index in [4.69, 9.17) is 42.2 Å². The number of unbranched alkanes of at least 4 members (excludes halogenated alkanes) is 32. The van der Waals surface area contributed by atoms with E-state index in [2.05, 4.69) is 45.1 Å². The molecule has 0 aromatic rings. The SMILES string of the molecule is CCCCCCCCC/C=C\CCCCCC(=O)OCC(COP(=O)(O)OC1C(OC2OC(CO)C(O)C(O)C2O)C(O)C(O)C(O)C1OC1OC(COC(=O)CCCCCCCCCCCCCCC)C(O)C(O)C1O)OC(=O)CCCCC/C=C\CCCCCCCCC. The largest absolute Gasteiger partial charge is 0.472 e. The summed E-state index contributed by atoms with van der Waals surface area (Å²) in [4.78, 5) is 50.9. The summed E-state index contributed by atoms with van der Waals surface area (Å²) in [7, 11) is -5.70. The number of allylic oxidation sites excluding steroid dienone is 4. The van der Waals surface area contributed by atoms with E-state index in [9.17, 15) is 74.9 Å². The van der Waals surface area contributed by atoms with Crippen LogP contribution in [0.2, 0.25) is 0 Å². The first-order valence-electron chi connectivity index (χ1n) is 37.1. The van der Waals surface area contributed by atoms with Crippen LogP contribution in [0.3, 0.4) is 0 Å². The van der Waals surface area contributed by atoms with Gasteiger partial charge in [0.1, 0.15) is 98.7 Å². The smallest absolute Gasteiger partial charge is 0.463 e. The van der Waals surface area contributed by atoms with Crippen molar-refractivity contribution in [3.8, 4) is 0 Å². The Morgan fingerprint density at radius 1 is 0.396 bits per heavy atom. The second-order valence-corrected chi connectivity index (χ2v) is 28.1. The predicted molar refractivity (Wildman–Crippen MR) is 361 cm³/mol. The molecule has 562 valence electrons. The highest BCUT2D eigenvalue weighted by Gasteiger charge is 2.58. The van der Waals surface area contributed by atoms with E-state index in [0.29, 0.717) is 25.7 Å². The minimum atomic E-state index is -5.70. The Morgan fingerprint density at radius 3 is 1.14 bits per heavy atom. The highest BCUT2D eigenvalue weighted by molar-refractivity contribution is 7.47. The van der Waals surface area contributed by atoms with Gasteiger partial charge >= 0.3 is 25.7 Å². The maximum Gasteiger partial charge on any atom is 0.472 e. The molecule has 0 amide bonds. The summed E-state index contributed by atoms with van der Waals surface area (Å²) in [6.07, 6.45) is 12.6. The van der Waals surface area contributed by atoms with Gasteiger partial charge in [-0.1, -0.05) is 212 Å². The molecule has 18 atom stereocenters. The van der Waals surface area contributed by atoms with Gasteiger partial charge in [-0.2, -0.15) is 0 Å². The molecule has 11 N–H and O–H groups in total. The van der Waals surface area contributed by atoms with Crippen LogP contribution in [0, 0.1) is 0 Å². The van der Waals surface area contributed by atoms with Crippen LogP contribution in [0.5, 0.6) is 0 Å². The van der Waals surface area contributed by atoms with Crippen molar-refractivity contribution in [2.45, 2.75) is 382 Å². The van der Waals surface area contributed by atoms with Crippen molar-refractivity contribution in [2.75, 3.05) is 26.4 Å². The second-order valence-electron chi connectivity index (χ2n) is 26.7. The van der Waals surface area contributed by atoms with Crippen LogP contribution >= 0.6 is 7.82 Å². The molecule has 0 radical (unpaired) electrons. The summed E-state index contributed by atoms with van der Waals surface area (Å²) in [5, 5.41) is 110. The number of esters is 3. The van der Waals surface area contributed by atoms with Gasteiger partial charge in [0.2, 0.25) is 0 Å². The van der Waals surface area contributed by atoms with E-state index in [1.165, 1.54) is 122 Å². The van der Waals surface area contributed by atoms with Gasteiger partial charge in [0.05, 0.1) is 13.2 Å². The first-order valence-corrected chi connectivity index (χ1v) is 38.6. The van der Waals surface area contributed by atoms with Crippen LogP contribution in [-0.2, 0) is 61.2 Å². The molecule has 3 fully saturated rings.